The fraction of sp³-hybridized carbons (Fsp3) is 0.231. The van der Waals surface area contributed by atoms with Crippen LogP contribution in [0, 0.1) is 0 Å². The molecule has 0 spiro atoms. The fourth-order valence-electron chi connectivity index (χ4n) is 2.20. The highest BCUT2D eigenvalue weighted by atomic mass is 14.2. The lowest BCUT2D eigenvalue weighted by molar-refractivity contribution is 1.08. The highest BCUT2D eigenvalue weighted by Crippen LogP contribution is 2.26. The summed E-state index contributed by atoms with van der Waals surface area (Å²) >= 11 is 0. The third-order valence-corrected chi connectivity index (χ3v) is 2.94. The summed E-state index contributed by atoms with van der Waals surface area (Å²) in [4.78, 5) is 0. The van der Waals surface area contributed by atoms with E-state index in [4.69, 9.17) is 0 Å². The van der Waals surface area contributed by atoms with Gasteiger partial charge in [0, 0.05) is 0 Å². The molecule has 0 radical (unpaired) electrons. The van der Waals surface area contributed by atoms with Gasteiger partial charge in [-0.15, -0.1) is 0 Å². The summed E-state index contributed by atoms with van der Waals surface area (Å²) < 4.78 is 0. The molecule has 0 amide bonds. The summed E-state index contributed by atoms with van der Waals surface area (Å²) in [7, 11) is 0. The van der Waals surface area contributed by atoms with E-state index in [0.29, 0.717) is 0 Å². The molecule has 0 saturated carbocycles. The van der Waals surface area contributed by atoms with Gasteiger partial charge in [-0.05, 0) is 41.5 Å². The molecule has 2 aliphatic carbocycles. The van der Waals surface area contributed by atoms with Crippen molar-refractivity contribution in [3.05, 3.63) is 52.6 Å². The van der Waals surface area contributed by atoms with Crippen molar-refractivity contribution in [1.29, 1.82) is 0 Å². The van der Waals surface area contributed by atoms with Crippen molar-refractivity contribution in [2.24, 2.45) is 0 Å². The maximum absolute atomic E-state index is 2.38. The third-order valence-electron chi connectivity index (χ3n) is 2.94. The molecule has 0 aromatic heterocycles. The maximum Gasteiger partial charge on any atom is -0.00881 e. The van der Waals surface area contributed by atoms with Gasteiger partial charge in [0.25, 0.3) is 0 Å². The van der Waals surface area contributed by atoms with E-state index < -0.39 is 0 Å². The van der Waals surface area contributed by atoms with Crippen LogP contribution in [0.1, 0.15) is 22.3 Å². The Hall–Kier alpha value is -1.30. The van der Waals surface area contributed by atoms with E-state index in [-0.39, 0.29) is 0 Å². The summed E-state index contributed by atoms with van der Waals surface area (Å²) in [5.41, 5.74) is 6.00. The van der Waals surface area contributed by atoms with Gasteiger partial charge in [0.15, 0.2) is 0 Å². The van der Waals surface area contributed by atoms with Crippen molar-refractivity contribution in [2.45, 2.75) is 19.3 Å². The molecular weight excluding hydrogens is 156 g/mol. The second-order valence-corrected chi connectivity index (χ2v) is 3.81. The van der Waals surface area contributed by atoms with Gasteiger partial charge < -0.3 is 0 Å². The standard InChI is InChI=1S/C13H12/c1-2-5-11-9-13-7-3-6-12(13)8-10(11)4-1/h1-3,6,8-9H,4-5,7H2. The molecule has 0 saturated heterocycles. The first-order valence-corrected chi connectivity index (χ1v) is 4.90. The molecule has 3 rings (SSSR count). The number of fused-ring (bicyclic) bond motifs is 2. The Bertz CT molecular complexity index is 408. The van der Waals surface area contributed by atoms with Gasteiger partial charge in [0.1, 0.15) is 0 Å². The minimum Gasteiger partial charge on any atom is -0.0838 e. The first-order valence-electron chi connectivity index (χ1n) is 4.90. The minimum absolute atomic E-state index is 1.12. The van der Waals surface area contributed by atoms with Crippen LogP contribution in [0.25, 0.3) is 6.08 Å². The van der Waals surface area contributed by atoms with Crippen LogP contribution in [0.15, 0.2) is 30.4 Å². The van der Waals surface area contributed by atoms with Crippen LogP contribution in [0.3, 0.4) is 0 Å². The molecule has 0 bridgehead atoms. The molecule has 0 heterocycles. The molecule has 13 heavy (non-hydrogen) atoms. The number of rotatable bonds is 0. The Morgan fingerprint density at radius 2 is 1.38 bits per heavy atom. The SMILES string of the molecule is C1=Cc2cc3c(cc2C1)CC=CC3. The Kier molecular flexibility index (Phi) is 1.42. The van der Waals surface area contributed by atoms with Crippen LogP contribution in [-0.4, -0.2) is 0 Å². The predicted molar refractivity (Wildman–Crippen MR) is 55.7 cm³/mol. The lowest BCUT2D eigenvalue weighted by atomic mass is 9.92. The van der Waals surface area contributed by atoms with E-state index in [1.807, 2.05) is 0 Å². The summed E-state index contributed by atoms with van der Waals surface area (Å²) in [6, 6.07) is 4.74. The molecule has 0 nitrogen and oxygen atoms in total. The Balaban J connectivity index is 2.17. The number of hydrogen-bond acceptors (Lipinski definition) is 0. The molecular formula is C13H12. The van der Waals surface area contributed by atoms with Crippen molar-refractivity contribution in [3.8, 4) is 0 Å². The van der Waals surface area contributed by atoms with Gasteiger partial charge in [-0.3, -0.25) is 0 Å². The average molecular weight is 168 g/mol. The summed E-state index contributed by atoms with van der Waals surface area (Å²) in [5, 5.41) is 0. The topological polar surface area (TPSA) is 0 Å². The van der Waals surface area contributed by atoms with Crippen LogP contribution < -0.4 is 0 Å². The van der Waals surface area contributed by atoms with Gasteiger partial charge in [-0.2, -0.15) is 0 Å². The number of benzene rings is 1. The van der Waals surface area contributed by atoms with Crippen molar-refractivity contribution in [1.82, 2.24) is 0 Å². The van der Waals surface area contributed by atoms with Crippen molar-refractivity contribution >= 4 is 6.08 Å². The molecule has 0 fully saturated rings. The van der Waals surface area contributed by atoms with Crippen molar-refractivity contribution in [3.63, 3.8) is 0 Å². The lowest BCUT2D eigenvalue weighted by Gasteiger charge is -2.13. The molecule has 1 aromatic carbocycles. The Labute approximate surface area is 78.6 Å². The Morgan fingerprint density at radius 3 is 2.23 bits per heavy atom. The number of hydrogen-bond donors (Lipinski definition) is 0. The summed E-state index contributed by atoms with van der Waals surface area (Å²) in [5.74, 6) is 0. The van der Waals surface area contributed by atoms with Gasteiger partial charge in [-0.1, -0.05) is 36.4 Å². The zero-order valence-electron chi connectivity index (χ0n) is 7.59. The molecule has 0 N–H and O–H groups in total. The fourth-order valence-corrected chi connectivity index (χ4v) is 2.20. The zero-order chi connectivity index (χ0) is 8.67. The van der Waals surface area contributed by atoms with E-state index in [0.717, 1.165) is 19.3 Å². The molecule has 0 aliphatic heterocycles. The van der Waals surface area contributed by atoms with Gasteiger partial charge >= 0.3 is 0 Å². The molecule has 2 aliphatic rings. The van der Waals surface area contributed by atoms with Crippen LogP contribution >= 0.6 is 0 Å². The zero-order valence-corrected chi connectivity index (χ0v) is 7.59. The quantitative estimate of drug-likeness (QED) is 0.522. The number of allylic oxidation sites excluding steroid dienone is 3. The molecule has 64 valence electrons. The van der Waals surface area contributed by atoms with Crippen LogP contribution in [0.5, 0.6) is 0 Å². The van der Waals surface area contributed by atoms with Crippen LogP contribution in [0.2, 0.25) is 0 Å². The predicted octanol–water partition coefficient (Wildman–Crippen LogP) is 2.91. The van der Waals surface area contributed by atoms with Crippen molar-refractivity contribution in [2.75, 3.05) is 0 Å². The van der Waals surface area contributed by atoms with E-state index >= 15 is 0 Å². The average Bonchev–Trinajstić information content (AvgIpc) is 2.61. The molecule has 0 unspecified atom stereocenters. The van der Waals surface area contributed by atoms with E-state index in [2.05, 4.69) is 36.4 Å². The van der Waals surface area contributed by atoms with Crippen LogP contribution in [0.4, 0.5) is 0 Å². The smallest absolute Gasteiger partial charge is 0.00881 e. The van der Waals surface area contributed by atoms with Crippen LogP contribution in [-0.2, 0) is 19.3 Å². The second-order valence-electron chi connectivity index (χ2n) is 3.81. The lowest BCUT2D eigenvalue weighted by Crippen LogP contribution is -1.99. The molecule has 0 atom stereocenters. The Morgan fingerprint density at radius 1 is 0.692 bits per heavy atom. The summed E-state index contributed by atoms with van der Waals surface area (Å²) in [6.07, 6.45) is 12.4. The third kappa shape index (κ3) is 1.06. The maximum atomic E-state index is 2.38. The van der Waals surface area contributed by atoms with Gasteiger partial charge in [0.2, 0.25) is 0 Å². The van der Waals surface area contributed by atoms with E-state index in [1.54, 1.807) is 0 Å². The summed E-state index contributed by atoms with van der Waals surface area (Å²) in [6.45, 7) is 0. The minimum atomic E-state index is 1.12. The molecule has 1 aromatic rings. The van der Waals surface area contributed by atoms with E-state index in [1.165, 1.54) is 22.3 Å². The van der Waals surface area contributed by atoms with E-state index in [9.17, 15) is 0 Å². The van der Waals surface area contributed by atoms with Gasteiger partial charge in [-0.25, -0.2) is 0 Å². The monoisotopic (exact) mass is 168 g/mol. The van der Waals surface area contributed by atoms with Gasteiger partial charge in [0.05, 0.1) is 0 Å². The van der Waals surface area contributed by atoms with Crippen molar-refractivity contribution < 1.29 is 0 Å². The molecule has 0 heteroatoms. The normalized spacial score (nSPS) is 17.2. The highest BCUT2D eigenvalue weighted by molar-refractivity contribution is 5.62. The first-order chi connectivity index (χ1) is 6.43. The second kappa shape index (κ2) is 2.59. The largest absolute Gasteiger partial charge is 0.0838 e. The first kappa shape index (κ1) is 7.14. The highest BCUT2D eigenvalue weighted by Gasteiger charge is 2.11.